The van der Waals surface area contributed by atoms with Gasteiger partial charge in [0.2, 0.25) is 0 Å². The minimum atomic E-state index is 0.565. The van der Waals surface area contributed by atoms with Gasteiger partial charge in [0.05, 0.1) is 18.8 Å². The van der Waals surface area contributed by atoms with Crippen LogP contribution < -0.4 is 0 Å². The second-order valence-corrected chi connectivity index (χ2v) is 3.91. The second kappa shape index (κ2) is 3.75. The van der Waals surface area contributed by atoms with Crippen molar-refractivity contribution in [1.29, 1.82) is 0 Å². The molecule has 2 fully saturated rings. The summed E-state index contributed by atoms with van der Waals surface area (Å²) < 4.78 is 11.1. The van der Waals surface area contributed by atoms with E-state index in [2.05, 4.69) is 6.92 Å². The van der Waals surface area contributed by atoms with E-state index in [9.17, 15) is 0 Å². The summed E-state index contributed by atoms with van der Waals surface area (Å²) in [5.41, 5.74) is 0. The van der Waals surface area contributed by atoms with E-state index in [0.29, 0.717) is 18.1 Å². The van der Waals surface area contributed by atoms with Crippen molar-refractivity contribution in [2.45, 2.75) is 44.8 Å². The van der Waals surface area contributed by atoms with E-state index < -0.39 is 0 Å². The summed E-state index contributed by atoms with van der Waals surface area (Å²) in [5, 5.41) is 0. The number of ether oxygens (including phenoxy) is 2. The van der Waals surface area contributed by atoms with Crippen LogP contribution in [0.4, 0.5) is 0 Å². The van der Waals surface area contributed by atoms with Crippen LogP contribution in [-0.2, 0) is 9.47 Å². The molecule has 1 saturated heterocycles. The van der Waals surface area contributed by atoms with Crippen molar-refractivity contribution in [3.63, 3.8) is 0 Å². The van der Waals surface area contributed by atoms with Crippen molar-refractivity contribution in [2.24, 2.45) is 5.92 Å². The average Bonchev–Trinajstić information content (AvgIpc) is 2.84. The Morgan fingerprint density at radius 2 is 2.33 bits per heavy atom. The minimum absolute atomic E-state index is 0.565. The third-order valence-electron chi connectivity index (χ3n) is 2.83. The first-order valence-corrected chi connectivity index (χ1v) is 5.15. The van der Waals surface area contributed by atoms with E-state index in [1.807, 2.05) is 0 Å². The number of epoxide rings is 1. The van der Waals surface area contributed by atoms with Gasteiger partial charge in [0.1, 0.15) is 0 Å². The van der Waals surface area contributed by atoms with Crippen molar-refractivity contribution in [2.75, 3.05) is 13.2 Å². The van der Waals surface area contributed by atoms with Crippen LogP contribution in [0.2, 0.25) is 0 Å². The summed E-state index contributed by atoms with van der Waals surface area (Å²) in [7, 11) is 0. The Labute approximate surface area is 74.2 Å². The Morgan fingerprint density at radius 1 is 1.42 bits per heavy atom. The van der Waals surface area contributed by atoms with E-state index in [4.69, 9.17) is 9.47 Å². The highest BCUT2D eigenvalue weighted by atomic mass is 16.6. The van der Waals surface area contributed by atoms with Crippen LogP contribution in [0.5, 0.6) is 0 Å². The van der Waals surface area contributed by atoms with Gasteiger partial charge in [0.15, 0.2) is 0 Å². The number of hydrogen-bond donors (Lipinski definition) is 0. The minimum Gasteiger partial charge on any atom is -0.381 e. The maximum Gasteiger partial charge on any atom is 0.0891 e. The van der Waals surface area contributed by atoms with Crippen molar-refractivity contribution in [3.8, 4) is 0 Å². The molecule has 0 N–H and O–H groups in total. The van der Waals surface area contributed by atoms with E-state index in [1.165, 1.54) is 19.3 Å². The van der Waals surface area contributed by atoms with E-state index >= 15 is 0 Å². The number of rotatable bonds is 4. The van der Waals surface area contributed by atoms with E-state index in [-0.39, 0.29) is 0 Å². The van der Waals surface area contributed by atoms with Gasteiger partial charge in [0.25, 0.3) is 0 Å². The van der Waals surface area contributed by atoms with Gasteiger partial charge in [-0.25, -0.2) is 0 Å². The van der Waals surface area contributed by atoms with Gasteiger partial charge in [-0.1, -0.05) is 13.3 Å². The lowest BCUT2D eigenvalue weighted by Crippen LogP contribution is -2.21. The molecular formula is C10H18O2. The van der Waals surface area contributed by atoms with Gasteiger partial charge in [-0.2, -0.15) is 0 Å². The normalized spacial score (nSPS) is 39.2. The Hall–Kier alpha value is -0.0800. The van der Waals surface area contributed by atoms with Gasteiger partial charge in [-0.15, -0.1) is 0 Å². The summed E-state index contributed by atoms with van der Waals surface area (Å²) in [6, 6.07) is 0. The highest BCUT2D eigenvalue weighted by molar-refractivity contribution is 4.94. The Balaban J connectivity index is 1.66. The lowest BCUT2D eigenvalue weighted by atomic mass is 9.90. The van der Waals surface area contributed by atoms with Gasteiger partial charge >= 0.3 is 0 Å². The van der Waals surface area contributed by atoms with Gasteiger partial charge in [-0.05, 0) is 19.3 Å². The SMILES string of the molecule is CCCOCC1CCCC2OC12. The summed E-state index contributed by atoms with van der Waals surface area (Å²) in [6.45, 7) is 3.99. The molecule has 0 radical (unpaired) electrons. The van der Waals surface area contributed by atoms with Crippen molar-refractivity contribution >= 4 is 0 Å². The topological polar surface area (TPSA) is 21.8 Å². The maximum atomic E-state index is 5.54. The van der Waals surface area contributed by atoms with Gasteiger partial charge in [-0.3, -0.25) is 0 Å². The molecule has 3 atom stereocenters. The number of hydrogen-bond acceptors (Lipinski definition) is 2. The fourth-order valence-corrected chi connectivity index (χ4v) is 2.11. The lowest BCUT2D eigenvalue weighted by Gasteiger charge is -2.17. The molecule has 1 aliphatic heterocycles. The molecule has 1 heterocycles. The van der Waals surface area contributed by atoms with Gasteiger partial charge < -0.3 is 9.47 Å². The molecule has 3 unspecified atom stereocenters. The van der Waals surface area contributed by atoms with Crippen LogP contribution in [0.3, 0.4) is 0 Å². The zero-order valence-corrected chi connectivity index (χ0v) is 7.79. The molecule has 70 valence electrons. The van der Waals surface area contributed by atoms with Crippen molar-refractivity contribution in [1.82, 2.24) is 0 Å². The molecule has 2 nitrogen and oxygen atoms in total. The quantitative estimate of drug-likeness (QED) is 0.475. The highest BCUT2D eigenvalue weighted by Gasteiger charge is 2.46. The Kier molecular flexibility index (Phi) is 2.66. The maximum absolute atomic E-state index is 5.54. The molecule has 2 heteroatoms. The van der Waals surface area contributed by atoms with Crippen LogP contribution in [0, 0.1) is 5.92 Å². The molecule has 12 heavy (non-hydrogen) atoms. The average molecular weight is 170 g/mol. The summed E-state index contributed by atoms with van der Waals surface area (Å²) >= 11 is 0. The molecule has 2 aliphatic rings. The summed E-state index contributed by atoms with van der Waals surface area (Å²) in [4.78, 5) is 0. The number of fused-ring (bicyclic) bond motifs is 1. The predicted octanol–water partition coefficient (Wildman–Crippen LogP) is 1.98. The van der Waals surface area contributed by atoms with Crippen LogP contribution in [0.25, 0.3) is 0 Å². The summed E-state index contributed by atoms with van der Waals surface area (Å²) in [6.07, 6.45) is 6.23. The van der Waals surface area contributed by atoms with Gasteiger partial charge in [0, 0.05) is 12.5 Å². The monoisotopic (exact) mass is 170 g/mol. The molecular weight excluding hydrogens is 152 g/mol. The zero-order chi connectivity index (χ0) is 8.39. The second-order valence-electron chi connectivity index (χ2n) is 3.91. The van der Waals surface area contributed by atoms with Crippen LogP contribution in [-0.4, -0.2) is 25.4 Å². The fraction of sp³-hybridized carbons (Fsp3) is 1.00. The fourth-order valence-electron chi connectivity index (χ4n) is 2.11. The molecule has 0 aromatic carbocycles. The molecule has 1 aliphatic carbocycles. The van der Waals surface area contributed by atoms with Crippen molar-refractivity contribution in [3.05, 3.63) is 0 Å². The molecule has 2 rings (SSSR count). The smallest absolute Gasteiger partial charge is 0.0891 e. The first-order chi connectivity index (χ1) is 5.92. The zero-order valence-electron chi connectivity index (χ0n) is 7.79. The van der Waals surface area contributed by atoms with Crippen LogP contribution in [0.1, 0.15) is 32.6 Å². The molecule has 0 amide bonds. The standard InChI is InChI=1S/C10H18O2/c1-2-6-11-7-8-4-3-5-9-10(8)12-9/h8-10H,2-7H2,1H3. The van der Waals surface area contributed by atoms with E-state index in [0.717, 1.165) is 19.6 Å². The summed E-state index contributed by atoms with van der Waals surface area (Å²) in [5.74, 6) is 0.704. The van der Waals surface area contributed by atoms with E-state index in [1.54, 1.807) is 0 Å². The first-order valence-electron chi connectivity index (χ1n) is 5.15. The largest absolute Gasteiger partial charge is 0.381 e. The Morgan fingerprint density at radius 3 is 3.17 bits per heavy atom. The lowest BCUT2D eigenvalue weighted by molar-refractivity contribution is 0.0837. The Bertz CT molecular complexity index is 147. The highest BCUT2D eigenvalue weighted by Crippen LogP contribution is 2.40. The van der Waals surface area contributed by atoms with Crippen molar-refractivity contribution < 1.29 is 9.47 Å². The molecule has 0 spiro atoms. The molecule has 0 aromatic heterocycles. The third-order valence-corrected chi connectivity index (χ3v) is 2.83. The third kappa shape index (κ3) is 1.80. The molecule has 1 saturated carbocycles. The van der Waals surface area contributed by atoms with Crippen LogP contribution in [0.15, 0.2) is 0 Å². The first kappa shape index (κ1) is 8.52. The van der Waals surface area contributed by atoms with Crippen LogP contribution >= 0.6 is 0 Å². The predicted molar refractivity (Wildman–Crippen MR) is 47.1 cm³/mol. The molecule has 0 bridgehead atoms. The molecule has 0 aromatic rings.